The second-order valence-corrected chi connectivity index (χ2v) is 4.92. The van der Waals surface area contributed by atoms with Gasteiger partial charge in [0.1, 0.15) is 17.1 Å². The molecular weight excluding hydrogens is 274 g/mol. The fourth-order valence-corrected chi connectivity index (χ4v) is 2.45. The number of halogens is 1. The molecule has 0 saturated carbocycles. The highest BCUT2D eigenvalue weighted by Gasteiger charge is 2.11. The van der Waals surface area contributed by atoms with Gasteiger partial charge in [0.2, 0.25) is 0 Å². The zero-order chi connectivity index (χ0) is 14.1. The summed E-state index contributed by atoms with van der Waals surface area (Å²) < 4.78 is 7.30. The summed E-state index contributed by atoms with van der Waals surface area (Å²) in [5.74, 6) is 1.78. The predicted molar refractivity (Wildman–Crippen MR) is 79.4 cm³/mol. The molecule has 4 nitrogen and oxygen atoms in total. The molecule has 0 aliphatic rings. The molecule has 102 valence electrons. The minimum atomic E-state index is 0.444. The summed E-state index contributed by atoms with van der Waals surface area (Å²) in [6.07, 6.45) is 1.70. The molecule has 20 heavy (non-hydrogen) atoms. The Bertz CT molecular complexity index is 750. The Morgan fingerprint density at radius 2 is 1.95 bits per heavy atom. The van der Waals surface area contributed by atoms with Crippen molar-refractivity contribution < 1.29 is 4.74 Å². The molecule has 1 aromatic carbocycles. The Hall–Kier alpha value is -2.07. The number of aryl methyl sites for hydroxylation is 1. The zero-order valence-corrected chi connectivity index (χ0v) is 12.1. The monoisotopic (exact) mass is 287 g/mol. The van der Waals surface area contributed by atoms with Crippen LogP contribution in [0.1, 0.15) is 11.4 Å². The summed E-state index contributed by atoms with van der Waals surface area (Å²) in [5.41, 5.74) is 2.93. The first-order valence-corrected chi connectivity index (χ1v) is 6.67. The van der Waals surface area contributed by atoms with E-state index in [0.717, 1.165) is 29.2 Å². The maximum absolute atomic E-state index is 6.08. The number of imidazole rings is 1. The van der Waals surface area contributed by atoms with Crippen LogP contribution in [0.2, 0.25) is 5.15 Å². The van der Waals surface area contributed by atoms with Gasteiger partial charge < -0.3 is 9.30 Å². The van der Waals surface area contributed by atoms with Gasteiger partial charge in [0.05, 0.1) is 12.6 Å². The van der Waals surface area contributed by atoms with Crippen molar-refractivity contribution in [2.24, 2.45) is 0 Å². The molecule has 0 unspecified atom stereocenters. The lowest BCUT2D eigenvalue weighted by Gasteiger charge is -2.08. The molecule has 5 heteroatoms. The molecule has 0 spiro atoms. The van der Waals surface area contributed by atoms with Gasteiger partial charge in [-0.3, -0.25) is 0 Å². The maximum atomic E-state index is 6.08. The Labute approximate surface area is 122 Å². The molecule has 0 amide bonds. The molecule has 2 heterocycles. The molecular formula is C15H14ClN3O. The average Bonchev–Trinajstić information content (AvgIpc) is 2.78. The first-order valence-electron chi connectivity index (χ1n) is 6.29. The molecule has 0 fully saturated rings. The molecule has 0 bridgehead atoms. The normalized spacial score (nSPS) is 10.9. The second kappa shape index (κ2) is 5.13. The lowest BCUT2D eigenvalue weighted by molar-refractivity contribution is 0.414. The molecule has 0 saturated heterocycles. The number of fused-ring (bicyclic) bond motifs is 1. The average molecular weight is 288 g/mol. The van der Waals surface area contributed by atoms with E-state index >= 15 is 0 Å². The van der Waals surface area contributed by atoms with Gasteiger partial charge in [0.15, 0.2) is 5.15 Å². The highest BCUT2D eigenvalue weighted by Crippen LogP contribution is 2.23. The molecule has 3 rings (SSSR count). The van der Waals surface area contributed by atoms with E-state index < -0.39 is 0 Å². The first-order chi connectivity index (χ1) is 9.69. The molecule has 0 atom stereocenters. The number of methoxy groups -OCH3 is 1. The van der Waals surface area contributed by atoms with Gasteiger partial charge in [0, 0.05) is 12.7 Å². The molecule has 0 N–H and O–H groups in total. The van der Waals surface area contributed by atoms with Crippen molar-refractivity contribution in [2.75, 3.05) is 7.11 Å². The van der Waals surface area contributed by atoms with Crippen molar-refractivity contribution in [1.29, 1.82) is 0 Å². The molecule has 0 radical (unpaired) electrons. The third-order valence-corrected chi connectivity index (χ3v) is 3.59. The number of pyridine rings is 1. The number of ether oxygens (including phenoxy) is 1. The van der Waals surface area contributed by atoms with Gasteiger partial charge in [0.25, 0.3) is 0 Å². The first kappa shape index (κ1) is 12.9. The number of nitrogens with zero attached hydrogens (tertiary/aromatic N) is 3. The standard InChI is InChI=1S/C15H14ClN3O/c1-10-18-14-13(7-8-17-15(14)16)19(10)9-11-3-5-12(20-2)6-4-11/h3-8H,9H2,1-2H3. The van der Waals surface area contributed by atoms with Crippen LogP contribution in [0.25, 0.3) is 11.0 Å². The Kier molecular flexibility index (Phi) is 3.32. The van der Waals surface area contributed by atoms with Gasteiger partial charge in [-0.05, 0) is 30.7 Å². The van der Waals surface area contributed by atoms with Crippen molar-refractivity contribution >= 4 is 22.6 Å². The number of aromatic nitrogens is 3. The molecule has 3 aromatic rings. The van der Waals surface area contributed by atoms with E-state index in [1.54, 1.807) is 13.3 Å². The zero-order valence-electron chi connectivity index (χ0n) is 11.3. The summed E-state index contributed by atoms with van der Waals surface area (Å²) >= 11 is 6.08. The molecule has 2 aromatic heterocycles. The van der Waals surface area contributed by atoms with Crippen molar-refractivity contribution in [2.45, 2.75) is 13.5 Å². The highest BCUT2D eigenvalue weighted by molar-refractivity contribution is 6.33. The topological polar surface area (TPSA) is 39.9 Å². The smallest absolute Gasteiger partial charge is 0.156 e. The summed E-state index contributed by atoms with van der Waals surface area (Å²) in [5, 5.41) is 0.444. The van der Waals surface area contributed by atoms with E-state index in [1.807, 2.05) is 37.3 Å². The Balaban J connectivity index is 2.01. The van der Waals surface area contributed by atoms with Gasteiger partial charge >= 0.3 is 0 Å². The van der Waals surface area contributed by atoms with Gasteiger partial charge in [-0.1, -0.05) is 23.7 Å². The van der Waals surface area contributed by atoms with Crippen molar-refractivity contribution in [3.05, 3.63) is 53.1 Å². The second-order valence-electron chi connectivity index (χ2n) is 4.56. The number of hydrogen-bond acceptors (Lipinski definition) is 3. The van der Waals surface area contributed by atoms with Gasteiger partial charge in [-0.25, -0.2) is 9.97 Å². The highest BCUT2D eigenvalue weighted by atomic mass is 35.5. The van der Waals surface area contributed by atoms with E-state index in [2.05, 4.69) is 14.5 Å². The van der Waals surface area contributed by atoms with E-state index in [9.17, 15) is 0 Å². The van der Waals surface area contributed by atoms with Crippen LogP contribution in [0.5, 0.6) is 5.75 Å². The van der Waals surface area contributed by atoms with Crippen molar-refractivity contribution in [3.8, 4) is 5.75 Å². The van der Waals surface area contributed by atoms with E-state index in [-0.39, 0.29) is 0 Å². The van der Waals surface area contributed by atoms with Crippen LogP contribution in [-0.2, 0) is 6.54 Å². The van der Waals surface area contributed by atoms with E-state index in [0.29, 0.717) is 5.15 Å². The summed E-state index contributed by atoms with van der Waals surface area (Å²) in [4.78, 5) is 8.55. The lowest BCUT2D eigenvalue weighted by Crippen LogP contribution is -2.02. The van der Waals surface area contributed by atoms with Crippen LogP contribution < -0.4 is 4.74 Å². The van der Waals surface area contributed by atoms with Crippen LogP contribution in [0.4, 0.5) is 0 Å². The fourth-order valence-electron chi connectivity index (χ4n) is 2.25. The van der Waals surface area contributed by atoms with Crippen LogP contribution >= 0.6 is 11.6 Å². The number of rotatable bonds is 3. The lowest BCUT2D eigenvalue weighted by atomic mass is 10.2. The minimum absolute atomic E-state index is 0.444. The third kappa shape index (κ3) is 2.23. The maximum Gasteiger partial charge on any atom is 0.156 e. The largest absolute Gasteiger partial charge is 0.497 e. The van der Waals surface area contributed by atoms with Gasteiger partial charge in [-0.2, -0.15) is 0 Å². The quantitative estimate of drug-likeness (QED) is 0.693. The van der Waals surface area contributed by atoms with Crippen LogP contribution in [0.3, 0.4) is 0 Å². The SMILES string of the molecule is COc1ccc(Cn2c(C)nc3c(Cl)nccc32)cc1. The molecule has 0 aliphatic heterocycles. The Morgan fingerprint density at radius 3 is 2.65 bits per heavy atom. The minimum Gasteiger partial charge on any atom is -0.497 e. The van der Waals surface area contributed by atoms with Crippen LogP contribution in [0.15, 0.2) is 36.5 Å². The van der Waals surface area contributed by atoms with Crippen molar-refractivity contribution in [1.82, 2.24) is 14.5 Å². The number of hydrogen-bond donors (Lipinski definition) is 0. The fraction of sp³-hybridized carbons (Fsp3) is 0.200. The summed E-state index contributed by atoms with van der Waals surface area (Å²) in [6.45, 7) is 2.71. The van der Waals surface area contributed by atoms with Crippen molar-refractivity contribution in [3.63, 3.8) is 0 Å². The Morgan fingerprint density at radius 1 is 1.20 bits per heavy atom. The summed E-state index contributed by atoms with van der Waals surface area (Å²) in [7, 11) is 1.66. The number of benzene rings is 1. The van der Waals surface area contributed by atoms with E-state index in [4.69, 9.17) is 16.3 Å². The van der Waals surface area contributed by atoms with Gasteiger partial charge in [-0.15, -0.1) is 0 Å². The van der Waals surface area contributed by atoms with E-state index in [1.165, 1.54) is 5.56 Å². The predicted octanol–water partition coefficient (Wildman–Crippen LogP) is 3.45. The third-order valence-electron chi connectivity index (χ3n) is 3.31. The van der Waals surface area contributed by atoms with Crippen LogP contribution in [-0.4, -0.2) is 21.6 Å². The summed E-state index contributed by atoms with van der Waals surface area (Å²) in [6, 6.07) is 9.95. The molecule has 0 aliphatic carbocycles. The van der Waals surface area contributed by atoms with Crippen LogP contribution in [0, 0.1) is 6.92 Å².